The van der Waals surface area contributed by atoms with Crippen molar-refractivity contribution < 1.29 is 13.5 Å². The second-order valence-corrected chi connectivity index (χ2v) is 8.06. The van der Waals surface area contributed by atoms with E-state index < -0.39 is 10.0 Å². The first kappa shape index (κ1) is 16.5. The van der Waals surface area contributed by atoms with Gasteiger partial charge in [-0.15, -0.1) is 0 Å². The van der Waals surface area contributed by atoms with Crippen LogP contribution in [0.3, 0.4) is 0 Å². The third-order valence-electron chi connectivity index (χ3n) is 3.65. The number of hydrogen-bond donors (Lipinski definition) is 1. The smallest absolute Gasteiger partial charge is 0.243 e. The molecule has 118 valence electrons. The number of hydrogen-bond acceptors (Lipinski definition) is 3. The largest absolute Gasteiger partial charge is 0.396 e. The first-order valence-corrected chi connectivity index (χ1v) is 9.11. The summed E-state index contributed by atoms with van der Waals surface area (Å²) >= 11 is 0. The summed E-state index contributed by atoms with van der Waals surface area (Å²) in [6, 6.07) is 7.27. The van der Waals surface area contributed by atoms with E-state index in [0.717, 1.165) is 24.8 Å². The highest BCUT2D eigenvalue weighted by molar-refractivity contribution is 7.89. The molecule has 0 aromatic heterocycles. The molecular formula is C16H25NO3S. The molecule has 21 heavy (non-hydrogen) atoms. The number of sulfonamides is 1. The van der Waals surface area contributed by atoms with Crippen molar-refractivity contribution in [3.8, 4) is 0 Å². The van der Waals surface area contributed by atoms with Crippen LogP contribution >= 0.6 is 0 Å². The predicted octanol–water partition coefficient (Wildman–Crippen LogP) is 2.42. The molecule has 1 aromatic carbocycles. The Balaban J connectivity index is 2.17. The molecule has 1 fully saturated rings. The van der Waals surface area contributed by atoms with Crippen LogP contribution in [0.1, 0.15) is 38.7 Å². The van der Waals surface area contributed by atoms with Crippen LogP contribution in [0.2, 0.25) is 0 Å². The van der Waals surface area contributed by atoms with Crippen molar-refractivity contribution in [1.82, 2.24) is 4.31 Å². The fourth-order valence-electron chi connectivity index (χ4n) is 2.41. The summed E-state index contributed by atoms with van der Waals surface area (Å²) in [5.41, 5.74) is 1.06. The second-order valence-electron chi connectivity index (χ2n) is 6.17. The third-order valence-corrected chi connectivity index (χ3v) is 5.59. The summed E-state index contributed by atoms with van der Waals surface area (Å²) in [6.45, 7) is 4.83. The third kappa shape index (κ3) is 4.28. The van der Waals surface area contributed by atoms with Gasteiger partial charge in [0, 0.05) is 19.2 Å². The van der Waals surface area contributed by atoms with Crippen LogP contribution in [-0.2, 0) is 16.4 Å². The van der Waals surface area contributed by atoms with E-state index in [4.69, 9.17) is 5.11 Å². The molecule has 0 unspecified atom stereocenters. The fourth-order valence-corrected chi connectivity index (χ4v) is 4.26. The van der Waals surface area contributed by atoms with E-state index in [9.17, 15) is 8.42 Å². The van der Waals surface area contributed by atoms with Gasteiger partial charge in [0.05, 0.1) is 4.90 Å². The highest BCUT2D eigenvalue weighted by atomic mass is 32.2. The summed E-state index contributed by atoms with van der Waals surface area (Å²) in [4.78, 5) is 0.378. The van der Waals surface area contributed by atoms with Gasteiger partial charge in [-0.25, -0.2) is 8.42 Å². The molecular weight excluding hydrogens is 286 g/mol. The molecule has 0 aliphatic heterocycles. The normalized spacial score (nSPS) is 15.9. The fraction of sp³-hybridized carbons (Fsp3) is 0.625. The molecule has 0 radical (unpaired) electrons. The van der Waals surface area contributed by atoms with Crippen molar-refractivity contribution in [2.45, 2.75) is 50.5 Å². The Morgan fingerprint density at radius 2 is 1.86 bits per heavy atom. The zero-order chi connectivity index (χ0) is 15.5. The Bertz CT molecular complexity index is 547. The molecule has 1 saturated carbocycles. The summed E-state index contributed by atoms with van der Waals surface area (Å²) in [5, 5.41) is 8.83. The Kier molecular flexibility index (Phi) is 5.41. The number of aryl methyl sites for hydroxylation is 1. The summed E-state index contributed by atoms with van der Waals surface area (Å²) in [6.07, 6.45) is 3.42. The van der Waals surface area contributed by atoms with Gasteiger partial charge < -0.3 is 5.11 Å². The average molecular weight is 311 g/mol. The van der Waals surface area contributed by atoms with Crippen molar-refractivity contribution in [3.63, 3.8) is 0 Å². The molecule has 1 aliphatic carbocycles. The molecule has 5 heteroatoms. The topological polar surface area (TPSA) is 57.6 Å². The van der Waals surface area contributed by atoms with Crippen LogP contribution in [0.4, 0.5) is 0 Å². The maximum absolute atomic E-state index is 12.8. The van der Waals surface area contributed by atoms with Gasteiger partial charge in [0.25, 0.3) is 0 Å². The highest BCUT2D eigenvalue weighted by Gasteiger charge is 2.38. The minimum Gasteiger partial charge on any atom is -0.396 e. The highest BCUT2D eigenvalue weighted by Crippen LogP contribution is 2.32. The molecule has 0 atom stereocenters. The van der Waals surface area contributed by atoms with E-state index in [1.165, 1.54) is 0 Å². The van der Waals surface area contributed by atoms with Crippen LogP contribution in [0, 0.1) is 5.92 Å². The summed E-state index contributed by atoms with van der Waals surface area (Å²) < 4.78 is 27.2. The SMILES string of the molecule is CC(C)CN(C1CC1)S(=O)(=O)c1ccc(CCCO)cc1. The van der Waals surface area contributed by atoms with E-state index >= 15 is 0 Å². The quantitative estimate of drug-likeness (QED) is 0.802. The van der Waals surface area contributed by atoms with E-state index in [2.05, 4.69) is 0 Å². The predicted molar refractivity (Wildman–Crippen MR) is 83.6 cm³/mol. The summed E-state index contributed by atoms with van der Waals surface area (Å²) in [5.74, 6) is 0.323. The minimum absolute atomic E-state index is 0.157. The summed E-state index contributed by atoms with van der Waals surface area (Å²) in [7, 11) is -3.39. The molecule has 4 nitrogen and oxygen atoms in total. The van der Waals surface area contributed by atoms with Crippen molar-refractivity contribution in [2.24, 2.45) is 5.92 Å². The lowest BCUT2D eigenvalue weighted by Crippen LogP contribution is -2.36. The zero-order valence-electron chi connectivity index (χ0n) is 12.8. The first-order valence-electron chi connectivity index (χ1n) is 7.67. The Morgan fingerprint density at radius 3 is 2.33 bits per heavy atom. The van der Waals surface area contributed by atoms with Crippen LogP contribution in [0.5, 0.6) is 0 Å². The van der Waals surface area contributed by atoms with Gasteiger partial charge in [0.1, 0.15) is 0 Å². The lowest BCUT2D eigenvalue weighted by molar-refractivity contribution is 0.288. The van der Waals surface area contributed by atoms with Crippen LogP contribution in [0.15, 0.2) is 29.2 Å². The maximum atomic E-state index is 12.8. The van der Waals surface area contributed by atoms with Gasteiger partial charge >= 0.3 is 0 Å². The van der Waals surface area contributed by atoms with Gasteiger partial charge in [0.15, 0.2) is 0 Å². The number of aliphatic hydroxyl groups is 1. The Hall–Kier alpha value is -0.910. The van der Waals surface area contributed by atoms with Gasteiger partial charge in [-0.2, -0.15) is 4.31 Å². The molecule has 1 N–H and O–H groups in total. The lowest BCUT2D eigenvalue weighted by Gasteiger charge is -2.23. The van der Waals surface area contributed by atoms with Gasteiger partial charge in [0.2, 0.25) is 10.0 Å². The molecule has 0 heterocycles. The van der Waals surface area contributed by atoms with Crippen molar-refractivity contribution in [3.05, 3.63) is 29.8 Å². The molecule has 0 spiro atoms. The number of aliphatic hydroxyl groups excluding tert-OH is 1. The van der Waals surface area contributed by atoms with Crippen LogP contribution in [-0.4, -0.2) is 37.0 Å². The maximum Gasteiger partial charge on any atom is 0.243 e. The zero-order valence-corrected chi connectivity index (χ0v) is 13.6. The second kappa shape index (κ2) is 6.90. The van der Waals surface area contributed by atoms with Gasteiger partial charge in [-0.3, -0.25) is 0 Å². The van der Waals surface area contributed by atoms with Crippen LogP contribution < -0.4 is 0 Å². The van der Waals surface area contributed by atoms with Crippen molar-refractivity contribution >= 4 is 10.0 Å². The van der Waals surface area contributed by atoms with Gasteiger partial charge in [-0.1, -0.05) is 26.0 Å². The standard InChI is InChI=1S/C16H25NO3S/c1-13(2)12-17(15-7-8-15)21(19,20)16-9-5-14(6-10-16)4-3-11-18/h5-6,9-10,13,15,18H,3-4,7-8,11-12H2,1-2H3. The van der Waals surface area contributed by atoms with E-state index in [1.54, 1.807) is 16.4 Å². The van der Waals surface area contributed by atoms with Gasteiger partial charge in [-0.05, 0) is 49.3 Å². The minimum atomic E-state index is -3.39. The Morgan fingerprint density at radius 1 is 1.24 bits per heavy atom. The van der Waals surface area contributed by atoms with E-state index in [1.807, 2.05) is 26.0 Å². The van der Waals surface area contributed by atoms with E-state index in [0.29, 0.717) is 23.8 Å². The monoisotopic (exact) mass is 311 g/mol. The average Bonchev–Trinajstić information content (AvgIpc) is 3.27. The van der Waals surface area contributed by atoms with Crippen molar-refractivity contribution in [1.29, 1.82) is 0 Å². The number of benzene rings is 1. The number of rotatable bonds is 8. The molecule has 0 saturated heterocycles. The lowest BCUT2D eigenvalue weighted by atomic mass is 10.1. The van der Waals surface area contributed by atoms with Crippen LogP contribution in [0.25, 0.3) is 0 Å². The molecule has 2 rings (SSSR count). The first-order chi connectivity index (χ1) is 9.95. The van der Waals surface area contributed by atoms with Crippen molar-refractivity contribution in [2.75, 3.05) is 13.2 Å². The molecule has 0 bridgehead atoms. The molecule has 1 aliphatic rings. The van der Waals surface area contributed by atoms with E-state index in [-0.39, 0.29) is 12.6 Å². The molecule has 0 amide bonds. The Labute approximate surface area is 127 Å². The number of nitrogens with zero attached hydrogens (tertiary/aromatic N) is 1. The molecule has 1 aromatic rings.